The van der Waals surface area contributed by atoms with Crippen LogP contribution in [0.25, 0.3) is 0 Å². The van der Waals surface area contributed by atoms with E-state index in [9.17, 15) is 13.2 Å². The van der Waals surface area contributed by atoms with Crippen molar-refractivity contribution in [2.24, 2.45) is 0 Å². The number of aliphatic hydroxyl groups excluding tert-OH is 1. The third kappa shape index (κ3) is 7.14. The lowest BCUT2D eigenvalue weighted by molar-refractivity contribution is 0.121. The van der Waals surface area contributed by atoms with Gasteiger partial charge in [-0.25, -0.2) is 9.52 Å². The summed E-state index contributed by atoms with van der Waals surface area (Å²) in [6, 6.07) is 0. The van der Waals surface area contributed by atoms with Crippen molar-refractivity contribution in [2.75, 3.05) is 13.6 Å². The molecule has 1 amide bonds. The molecule has 0 aliphatic heterocycles. The standard InChI is InChI=1S/C9H20N2O5S/c1-7(2)16-9(13)10-17(14,15)11(4)6-5-8(3)12/h7-8,12H,5-6H2,1-4H3,(H,10,13). The smallest absolute Gasteiger partial charge is 0.422 e. The number of aliphatic hydroxyl groups is 1. The van der Waals surface area contributed by atoms with E-state index in [1.807, 2.05) is 0 Å². The van der Waals surface area contributed by atoms with Gasteiger partial charge in [0.15, 0.2) is 0 Å². The number of nitrogens with one attached hydrogen (secondary N) is 1. The molecule has 7 nitrogen and oxygen atoms in total. The van der Waals surface area contributed by atoms with Crippen molar-refractivity contribution in [1.82, 2.24) is 9.03 Å². The second-order valence-corrected chi connectivity index (χ2v) is 5.80. The molecule has 17 heavy (non-hydrogen) atoms. The summed E-state index contributed by atoms with van der Waals surface area (Å²) in [7, 11) is -2.59. The molecule has 0 saturated carbocycles. The van der Waals surface area contributed by atoms with Gasteiger partial charge in [-0.15, -0.1) is 0 Å². The topological polar surface area (TPSA) is 95.9 Å². The van der Waals surface area contributed by atoms with Gasteiger partial charge in [0.1, 0.15) is 0 Å². The van der Waals surface area contributed by atoms with Gasteiger partial charge < -0.3 is 9.84 Å². The first-order chi connectivity index (χ1) is 7.65. The largest absolute Gasteiger partial charge is 0.446 e. The molecule has 0 aromatic carbocycles. The van der Waals surface area contributed by atoms with Gasteiger partial charge in [0, 0.05) is 13.6 Å². The van der Waals surface area contributed by atoms with Crippen LogP contribution in [0.5, 0.6) is 0 Å². The fourth-order valence-electron chi connectivity index (χ4n) is 0.910. The molecule has 8 heteroatoms. The maximum Gasteiger partial charge on any atom is 0.422 e. The maximum absolute atomic E-state index is 11.6. The van der Waals surface area contributed by atoms with Crippen LogP contribution in [0.1, 0.15) is 27.2 Å². The molecule has 1 atom stereocenters. The number of nitrogens with zero attached hydrogens (tertiary/aromatic N) is 1. The van der Waals surface area contributed by atoms with E-state index in [1.165, 1.54) is 7.05 Å². The second-order valence-electron chi connectivity index (χ2n) is 4.02. The molecular weight excluding hydrogens is 248 g/mol. The zero-order valence-electron chi connectivity index (χ0n) is 10.5. The molecule has 0 radical (unpaired) electrons. The van der Waals surface area contributed by atoms with E-state index in [1.54, 1.807) is 25.5 Å². The van der Waals surface area contributed by atoms with Crippen molar-refractivity contribution < 1.29 is 23.1 Å². The van der Waals surface area contributed by atoms with Gasteiger partial charge in [0.2, 0.25) is 0 Å². The molecule has 0 bridgehead atoms. The SMILES string of the molecule is CC(O)CCN(C)S(=O)(=O)NC(=O)OC(C)C. The van der Waals surface area contributed by atoms with Crippen LogP contribution in [0, 0.1) is 0 Å². The van der Waals surface area contributed by atoms with E-state index in [4.69, 9.17) is 5.11 Å². The highest BCUT2D eigenvalue weighted by Crippen LogP contribution is 2.00. The zero-order valence-corrected chi connectivity index (χ0v) is 11.3. The average Bonchev–Trinajstić information content (AvgIpc) is 2.11. The van der Waals surface area contributed by atoms with Crippen LogP contribution >= 0.6 is 0 Å². The molecule has 0 rings (SSSR count). The minimum atomic E-state index is -3.90. The summed E-state index contributed by atoms with van der Waals surface area (Å²) in [5, 5.41) is 9.03. The molecular formula is C9H20N2O5S. The number of ether oxygens (including phenoxy) is 1. The summed E-state index contributed by atoms with van der Waals surface area (Å²) in [6.45, 7) is 4.90. The Morgan fingerprint density at radius 1 is 1.41 bits per heavy atom. The zero-order chi connectivity index (χ0) is 13.6. The van der Waals surface area contributed by atoms with Gasteiger partial charge >= 0.3 is 16.3 Å². The van der Waals surface area contributed by atoms with Crippen LogP contribution in [0.2, 0.25) is 0 Å². The van der Waals surface area contributed by atoms with Crippen molar-refractivity contribution in [2.45, 2.75) is 39.4 Å². The van der Waals surface area contributed by atoms with E-state index < -0.39 is 28.5 Å². The van der Waals surface area contributed by atoms with Gasteiger partial charge in [-0.1, -0.05) is 0 Å². The van der Waals surface area contributed by atoms with E-state index in [0.29, 0.717) is 0 Å². The van der Waals surface area contributed by atoms with Crippen molar-refractivity contribution in [1.29, 1.82) is 0 Å². The Kier molecular flexibility index (Phi) is 6.43. The quantitative estimate of drug-likeness (QED) is 0.710. The first-order valence-electron chi connectivity index (χ1n) is 5.28. The fraction of sp³-hybridized carbons (Fsp3) is 0.889. The monoisotopic (exact) mass is 268 g/mol. The summed E-state index contributed by atoms with van der Waals surface area (Å²) in [6.07, 6.45) is -1.72. The average molecular weight is 268 g/mol. The van der Waals surface area contributed by atoms with Crippen LogP contribution in [-0.4, -0.2) is 49.7 Å². The summed E-state index contributed by atoms with van der Waals surface area (Å²) in [5.41, 5.74) is 0. The third-order valence-electron chi connectivity index (χ3n) is 1.83. The first-order valence-corrected chi connectivity index (χ1v) is 6.72. The first kappa shape index (κ1) is 16.1. The predicted octanol–water partition coefficient (Wildman–Crippen LogP) is 0.0685. The van der Waals surface area contributed by atoms with E-state index in [0.717, 1.165) is 4.31 Å². The van der Waals surface area contributed by atoms with Crippen LogP contribution in [0.4, 0.5) is 4.79 Å². The molecule has 0 heterocycles. The molecule has 2 N–H and O–H groups in total. The highest BCUT2D eigenvalue weighted by molar-refractivity contribution is 7.87. The Morgan fingerprint density at radius 3 is 2.35 bits per heavy atom. The van der Waals surface area contributed by atoms with E-state index in [2.05, 4.69) is 4.74 Å². The van der Waals surface area contributed by atoms with Gasteiger partial charge in [-0.2, -0.15) is 12.7 Å². The molecule has 1 unspecified atom stereocenters. The lowest BCUT2D eigenvalue weighted by Gasteiger charge is -2.18. The number of amides is 1. The normalized spacial score (nSPS) is 13.8. The van der Waals surface area contributed by atoms with Crippen molar-refractivity contribution in [3.63, 3.8) is 0 Å². The molecule has 0 aliphatic carbocycles. The Balaban J connectivity index is 4.32. The number of hydrogen-bond acceptors (Lipinski definition) is 5. The molecule has 0 spiro atoms. The third-order valence-corrected chi connectivity index (χ3v) is 3.25. The highest BCUT2D eigenvalue weighted by atomic mass is 32.2. The highest BCUT2D eigenvalue weighted by Gasteiger charge is 2.21. The molecule has 0 aromatic rings. The minimum absolute atomic E-state index is 0.113. The van der Waals surface area contributed by atoms with Crippen LogP contribution in [0.3, 0.4) is 0 Å². The lowest BCUT2D eigenvalue weighted by atomic mass is 10.3. The van der Waals surface area contributed by atoms with Crippen molar-refractivity contribution in [3.05, 3.63) is 0 Å². The molecule has 0 saturated heterocycles. The van der Waals surface area contributed by atoms with Crippen molar-refractivity contribution >= 4 is 16.3 Å². The Hall–Kier alpha value is -0.860. The van der Waals surface area contributed by atoms with Crippen LogP contribution in [-0.2, 0) is 14.9 Å². The summed E-state index contributed by atoms with van der Waals surface area (Å²) >= 11 is 0. The molecule has 0 fully saturated rings. The minimum Gasteiger partial charge on any atom is -0.446 e. The number of carbonyl (C=O) groups is 1. The van der Waals surface area contributed by atoms with Gasteiger partial charge in [0.25, 0.3) is 0 Å². The Morgan fingerprint density at radius 2 is 1.94 bits per heavy atom. The lowest BCUT2D eigenvalue weighted by Crippen LogP contribution is -2.43. The Labute approximate surface area is 102 Å². The van der Waals surface area contributed by atoms with Gasteiger partial charge in [-0.3, -0.25) is 0 Å². The van der Waals surface area contributed by atoms with Gasteiger partial charge in [0.05, 0.1) is 12.2 Å². The molecule has 102 valence electrons. The number of hydrogen-bond donors (Lipinski definition) is 2. The summed E-state index contributed by atoms with van der Waals surface area (Å²) in [5.74, 6) is 0. The van der Waals surface area contributed by atoms with E-state index in [-0.39, 0.29) is 13.0 Å². The summed E-state index contributed by atoms with van der Waals surface area (Å²) in [4.78, 5) is 11.1. The molecule has 0 aromatic heterocycles. The molecule has 0 aliphatic rings. The van der Waals surface area contributed by atoms with E-state index >= 15 is 0 Å². The fourth-order valence-corrected chi connectivity index (χ4v) is 1.67. The number of rotatable bonds is 6. The van der Waals surface area contributed by atoms with Crippen LogP contribution in [0.15, 0.2) is 0 Å². The predicted molar refractivity (Wildman–Crippen MR) is 62.6 cm³/mol. The Bertz CT molecular complexity index is 339. The number of carbonyl (C=O) groups excluding carboxylic acids is 1. The second kappa shape index (κ2) is 6.77. The van der Waals surface area contributed by atoms with Gasteiger partial charge in [-0.05, 0) is 27.2 Å². The van der Waals surface area contributed by atoms with Crippen LogP contribution < -0.4 is 4.72 Å². The van der Waals surface area contributed by atoms with Crippen molar-refractivity contribution in [3.8, 4) is 0 Å². The summed E-state index contributed by atoms with van der Waals surface area (Å²) < 4.78 is 30.5. The maximum atomic E-state index is 11.6.